The molecule has 2 nitrogen and oxygen atoms in total. The Morgan fingerprint density at radius 3 is 1.64 bits per heavy atom. The van der Waals surface area contributed by atoms with Gasteiger partial charge in [0.25, 0.3) is 0 Å². The molecule has 2 N–H and O–H groups in total. The van der Waals surface area contributed by atoms with E-state index in [1.54, 1.807) is 0 Å². The van der Waals surface area contributed by atoms with Gasteiger partial charge < -0.3 is 10.6 Å². The van der Waals surface area contributed by atoms with E-state index < -0.39 is 0 Å². The molecule has 0 heterocycles. The normalized spacial score (nSPS) is 11.6. The van der Waals surface area contributed by atoms with E-state index in [0.717, 1.165) is 43.6 Å². The zero-order chi connectivity index (χ0) is 10.8. The molecule has 86 valence electrons. The van der Waals surface area contributed by atoms with Gasteiger partial charge >= 0.3 is 0 Å². The molecule has 0 rings (SSSR count). The maximum absolute atomic E-state index is 4.17. The summed E-state index contributed by atoms with van der Waals surface area (Å²) in [5, 5.41) is 6.82. The lowest BCUT2D eigenvalue weighted by Crippen LogP contribution is -2.35. The van der Waals surface area contributed by atoms with E-state index in [1.807, 2.05) is 0 Å². The molecule has 0 fully saturated rings. The highest BCUT2D eigenvalue weighted by Crippen LogP contribution is 2.08. The molecule has 0 aromatic carbocycles. The molecule has 0 spiro atoms. The second-order valence-corrected chi connectivity index (χ2v) is 4.75. The average molecular weight is 236 g/mol. The Morgan fingerprint density at radius 2 is 1.36 bits per heavy atom. The van der Waals surface area contributed by atoms with Crippen LogP contribution in [0, 0.1) is 11.8 Å². The second kappa shape index (κ2) is 10.1. The summed E-state index contributed by atoms with van der Waals surface area (Å²) >= 11 is 8.34. The van der Waals surface area contributed by atoms with Crippen molar-refractivity contribution in [3.05, 3.63) is 0 Å². The molecule has 0 aliphatic rings. The van der Waals surface area contributed by atoms with Crippen molar-refractivity contribution in [3.63, 3.8) is 0 Å². The van der Waals surface area contributed by atoms with Crippen LogP contribution < -0.4 is 10.6 Å². The van der Waals surface area contributed by atoms with Crippen molar-refractivity contribution < 1.29 is 0 Å². The quantitative estimate of drug-likeness (QED) is 0.358. The third-order valence-corrected chi connectivity index (χ3v) is 2.78. The van der Waals surface area contributed by atoms with E-state index in [9.17, 15) is 0 Å². The molecule has 0 saturated heterocycles. The molecule has 0 unspecified atom stereocenters. The molecule has 0 aromatic rings. The predicted octanol–water partition coefficient (Wildman–Crippen LogP) is 1.30. The Morgan fingerprint density at radius 1 is 0.929 bits per heavy atom. The maximum atomic E-state index is 4.17. The van der Waals surface area contributed by atoms with Gasteiger partial charge in [-0.3, -0.25) is 0 Å². The summed E-state index contributed by atoms with van der Waals surface area (Å²) in [6.07, 6.45) is 0. The Hall–Kier alpha value is 0.620. The smallest absolute Gasteiger partial charge is 0.00398 e. The zero-order valence-electron chi connectivity index (χ0n) is 9.29. The van der Waals surface area contributed by atoms with E-state index >= 15 is 0 Å². The molecule has 0 amide bonds. The van der Waals surface area contributed by atoms with Crippen LogP contribution in [0.15, 0.2) is 0 Å². The molecule has 0 bridgehead atoms. The van der Waals surface area contributed by atoms with Crippen LogP contribution in [-0.4, -0.2) is 37.7 Å². The van der Waals surface area contributed by atoms with Crippen LogP contribution in [0.1, 0.15) is 13.8 Å². The number of rotatable bonds is 9. The van der Waals surface area contributed by atoms with Crippen LogP contribution in [0.5, 0.6) is 0 Å². The summed E-state index contributed by atoms with van der Waals surface area (Å²) < 4.78 is 0. The van der Waals surface area contributed by atoms with Gasteiger partial charge in [-0.1, -0.05) is 13.8 Å². The summed E-state index contributed by atoms with van der Waals surface area (Å²) in [6, 6.07) is 0. The lowest BCUT2D eigenvalue weighted by molar-refractivity contribution is 0.351. The van der Waals surface area contributed by atoms with Crippen molar-refractivity contribution in [3.8, 4) is 0 Å². The zero-order valence-corrected chi connectivity index (χ0v) is 11.1. The molecule has 0 aliphatic heterocycles. The number of nitrogens with one attached hydrogen (secondary N) is 2. The van der Waals surface area contributed by atoms with Crippen molar-refractivity contribution >= 4 is 25.3 Å². The minimum absolute atomic E-state index is 0.703. The van der Waals surface area contributed by atoms with Crippen molar-refractivity contribution in [2.75, 3.05) is 37.7 Å². The van der Waals surface area contributed by atoms with Gasteiger partial charge in [0.2, 0.25) is 0 Å². The molecule has 0 radical (unpaired) electrons. The highest BCUT2D eigenvalue weighted by atomic mass is 32.1. The molecule has 4 heteroatoms. The first-order chi connectivity index (χ1) is 6.72. The first-order valence-corrected chi connectivity index (χ1v) is 6.62. The fraction of sp³-hybridized carbons (Fsp3) is 1.00. The molecule has 0 aromatic heterocycles. The van der Waals surface area contributed by atoms with E-state index in [-0.39, 0.29) is 0 Å². The van der Waals surface area contributed by atoms with Crippen molar-refractivity contribution in [2.24, 2.45) is 11.8 Å². The van der Waals surface area contributed by atoms with Crippen LogP contribution >= 0.6 is 25.3 Å². The van der Waals surface area contributed by atoms with Gasteiger partial charge in [-0.05, 0) is 24.9 Å². The number of thiol groups is 2. The SMILES string of the molecule is CC(C)C(CNCCS)CNCCS. The minimum atomic E-state index is 0.703. The van der Waals surface area contributed by atoms with Gasteiger partial charge in [-0.2, -0.15) is 25.3 Å². The highest BCUT2D eigenvalue weighted by molar-refractivity contribution is 7.80. The van der Waals surface area contributed by atoms with Crippen molar-refractivity contribution in [1.29, 1.82) is 0 Å². The number of hydrogen-bond acceptors (Lipinski definition) is 4. The van der Waals surface area contributed by atoms with Crippen molar-refractivity contribution in [1.82, 2.24) is 10.6 Å². The number of hydrogen-bond donors (Lipinski definition) is 4. The minimum Gasteiger partial charge on any atom is -0.316 e. The second-order valence-electron chi connectivity index (χ2n) is 3.86. The van der Waals surface area contributed by atoms with Gasteiger partial charge in [0.15, 0.2) is 0 Å². The van der Waals surface area contributed by atoms with Gasteiger partial charge in [0.1, 0.15) is 0 Å². The standard InChI is InChI=1S/C10H24N2S2/c1-9(2)10(7-11-3-5-13)8-12-4-6-14/h9-14H,3-8H2,1-2H3. The lowest BCUT2D eigenvalue weighted by Gasteiger charge is -2.21. The largest absolute Gasteiger partial charge is 0.316 e. The van der Waals surface area contributed by atoms with Gasteiger partial charge in [0.05, 0.1) is 0 Å². The van der Waals surface area contributed by atoms with E-state index in [2.05, 4.69) is 49.7 Å². The topological polar surface area (TPSA) is 24.1 Å². The lowest BCUT2D eigenvalue weighted by atomic mass is 9.96. The van der Waals surface area contributed by atoms with E-state index in [1.165, 1.54) is 0 Å². The average Bonchev–Trinajstić information content (AvgIpc) is 2.15. The van der Waals surface area contributed by atoms with Gasteiger partial charge in [-0.15, -0.1) is 0 Å². The summed E-state index contributed by atoms with van der Waals surface area (Å²) in [5.41, 5.74) is 0. The monoisotopic (exact) mass is 236 g/mol. The van der Waals surface area contributed by atoms with Crippen LogP contribution in [-0.2, 0) is 0 Å². The van der Waals surface area contributed by atoms with Crippen molar-refractivity contribution in [2.45, 2.75) is 13.8 Å². The van der Waals surface area contributed by atoms with Gasteiger partial charge in [-0.25, -0.2) is 0 Å². The summed E-state index contributed by atoms with van der Waals surface area (Å²) in [4.78, 5) is 0. The fourth-order valence-electron chi connectivity index (χ4n) is 1.28. The molecule has 0 aliphatic carbocycles. The molecular weight excluding hydrogens is 212 g/mol. The first kappa shape index (κ1) is 14.6. The maximum Gasteiger partial charge on any atom is 0.00398 e. The van der Waals surface area contributed by atoms with E-state index in [0.29, 0.717) is 5.92 Å². The molecule has 14 heavy (non-hydrogen) atoms. The van der Waals surface area contributed by atoms with E-state index in [4.69, 9.17) is 0 Å². The Balaban J connectivity index is 3.55. The molecule has 0 atom stereocenters. The predicted molar refractivity (Wildman–Crippen MR) is 71.8 cm³/mol. The molecular formula is C10H24N2S2. The summed E-state index contributed by atoms with van der Waals surface area (Å²) in [5.74, 6) is 3.24. The third-order valence-electron chi connectivity index (χ3n) is 2.33. The summed E-state index contributed by atoms with van der Waals surface area (Å²) in [7, 11) is 0. The van der Waals surface area contributed by atoms with Crippen LogP contribution in [0.2, 0.25) is 0 Å². The Bertz CT molecular complexity index is 111. The third kappa shape index (κ3) is 7.97. The van der Waals surface area contributed by atoms with Gasteiger partial charge in [0, 0.05) is 24.6 Å². The Kier molecular flexibility index (Phi) is 10.6. The summed E-state index contributed by atoms with van der Waals surface area (Å²) in [6.45, 7) is 8.71. The fourth-order valence-corrected chi connectivity index (χ4v) is 1.59. The van der Waals surface area contributed by atoms with Crippen LogP contribution in [0.4, 0.5) is 0 Å². The van der Waals surface area contributed by atoms with Crippen LogP contribution in [0.3, 0.4) is 0 Å². The van der Waals surface area contributed by atoms with Crippen LogP contribution in [0.25, 0.3) is 0 Å². The Labute approximate surface area is 99.4 Å². The molecule has 0 saturated carbocycles. The highest BCUT2D eigenvalue weighted by Gasteiger charge is 2.11. The first-order valence-electron chi connectivity index (χ1n) is 5.35.